The van der Waals surface area contributed by atoms with Crippen LogP contribution in [0.15, 0.2) is 28.7 Å². The minimum absolute atomic E-state index is 0.220. The molecule has 1 aliphatic carbocycles. The van der Waals surface area contributed by atoms with Crippen molar-refractivity contribution in [2.45, 2.75) is 44.3 Å². The molecule has 0 saturated heterocycles. The Morgan fingerprint density at radius 1 is 1.20 bits per heavy atom. The van der Waals surface area contributed by atoms with Gasteiger partial charge in [-0.05, 0) is 36.8 Å². The highest BCUT2D eigenvalue weighted by molar-refractivity contribution is 9.10. The van der Waals surface area contributed by atoms with Crippen LogP contribution in [-0.4, -0.2) is 12.2 Å². The van der Waals surface area contributed by atoms with E-state index in [1.54, 1.807) is 0 Å². The van der Waals surface area contributed by atoms with Crippen molar-refractivity contribution in [2.75, 3.05) is 0 Å². The molecular weight excluding hydrogens is 331 g/mol. The number of rotatable bonds is 3. The van der Waals surface area contributed by atoms with Gasteiger partial charge in [0, 0.05) is 10.5 Å². The third kappa shape index (κ3) is 3.76. The fourth-order valence-electron chi connectivity index (χ4n) is 3.15. The average Bonchev–Trinajstić information content (AvgIpc) is 2.40. The van der Waals surface area contributed by atoms with Gasteiger partial charge in [-0.1, -0.05) is 47.0 Å². The van der Waals surface area contributed by atoms with Gasteiger partial charge >= 0.3 is 6.18 Å². The lowest BCUT2D eigenvalue weighted by Gasteiger charge is -2.36. The summed E-state index contributed by atoms with van der Waals surface area (Å²) in [5, 5.41) is 0. The third-order valence-corrected chi connectivity index (χ3v) is 4.98. The van der Waals surface area contributed by atoms with Crippen LogP contribution in [-0.2, 0) is 6.42 Å². The lowest BCUT2D eigenvalue weighted by Crippen LogP contribution is -2.44. The summed E-state index contributed by atoms with van der Waals surface area (Å²) in [7, 11) is 0. The van der Waals surface area contributed by atoms with Crippen LogP contribution in [0.4, 0.5) is 13.2 Å². The molecule has 2 rings (SSSR count). The zero-order chi connectivity index (χ0) is 14.8. The highest BCUT2D eigenvalue weighted by Gasteiger charge is 2.47. The smallest absolute Gasteiger partial charge is 0.327 e. The van der Waals surface area contributed by atoms with Gasteiger partial charge in [0.2, 0.25) is 0 Å². The number of nitrogens with two attached hydrogens (primary N) is 1. The summed E-state index contributed by atoms with van der Waals surface area (Å²) < 4.78 is 40.2. The van der Waals surface area contributed by atoms with Crippen molar-refractivity contribution in [3.8, 4) is 0 Å². The van der Waals surface area contributed by atoms with Crippen LogP contribution in [0.2, 0.25) is 0 Å². The van der Waals surface area contributed by atoms with Crippen molar-refractivity contribution in [2.24, 2.45) is 17.6 Å². The minimum atomic E-state index is -4.13. The maximum absolute atomic E-state index is 13.1. The highest BCUT2D eigenvalue weighted by Crippen LogP contribution is 2.43. The van der Waals surface area contributed by atoms with Crippen molar-refractivity contribution >= 4 is 15.9 Å². The maximum Gasteiger partial charge on any atom is 0.392 e. The van der Waals surface area contributed by atoms with Gasteiger partial charge in [0.25, 0.3) is 0 Å². The lowest BCUT2D eigenvalue weighted by molar-refractivity contribution is -0.198. The van der Waals surface area contributed by atoms with Crippen LogP contribution in [0, 0.1) is 11.8 Å². The van der Waals surface area contributed by atoms with E-state index in [0.29, 0.717) is 19.3 Å². The summed E-state index contributed by atoms with van der Waals surface area (Å²) in [5.41, 5.74) is 7.09. The second-order valence-electron chi connectivity index (χ2n) is 5.56. The Labute approximate surface area is 125 Å². The van der Waals surface area contributed by atoms with Gasteiger partial charge in [0.1, 0.15) is 0 Å². The van der Waals surface area contributed by atoms with Gasteiger partial charge in [0.15, 0.2) is 0 Å². The molecule has 112 valence electrons. The van der Waals surface area contributed by atoms with Gasteiger partial charge in [0.05, 0.1) is 5.92 Å². The number of halogens is 4. The van der Waals surface area contributed by atoms with Gasteiger partial charge in [-0.15, -0.1) is 0 Å². The molecule has 0 heterocycles. The van der Waals surface area contributed by atoms with Crippen molar-refractivity contribution in [1.29, 1.82) is 0 Å². The fraction of sp³-hybridized carbons (Fsp3) is 0.600. The molecule has 2 N–H and O–H groups in total. The Morgan fingerprint density at radius 3 is 2.50 bits per heavy atom. The summed E-state index contributed by atoms with van der Waals surface area (Å²) in [6.07, 6.45) is -1.34. The van der Waals surface area contributed by atoms with Crippen LogP contribution in [0.5, 0.6) is 0 Å². The largest absolute Gasteiger partial charge is 0.392 e. The van der Waals surface area contributed by atoms with Crippen molar-refractivity contribution < 1.29 is 13.2 Å². The van der Waals surface area contributed by atoms with Crippen LogP contribution >= 0.6 is 15.9 Å². The summed E-state index contributed by atoms with van der Waals surface area (Å²) >= 11 is 3.43. The summed E-state index contributed by atoms with van der Waals surface area (Å²) in [6.45, 7) is 0. The molecule has 1 aromatic rings. The number of benzene rings is 1. The predicted octanol–water partition coefficient (Wildman–Crippen LogP) is 4.69. The van der Waals surface area contributed by atoms with Gasteiger partial charge in [-0.2, -0.15) is 13.2 Å². The zero-order valence-corrected chi connectivity index (χ0v) is 12.8. The fourth-order valence-corrected chi connectivity index (χ4v) is 3.59. The third-order valence-electron chi connectivity index (χ3n) is 4.20. The molecule has 3 atom stereocenters. The Balaban J connectivity index is 2.10. The van der Waals surface area contributed by atoms with E-state index in [9.17, 15) is 13.2 Å². The highest BCUT2D eigenvalue weighted by atomic mass is 79.9. The molecule has 5 heteroatoms. The molecule has 0 spiro atoms. The second-order valence-corrected chi connectivity index (χ2v) is 6.41. The van der Waals surface area contributed by atoms with E-state index in [2.05, 4.69) is 15.9 Å². The SMILES string of the molecule is NC(Cc1ccccc1Br)C1CCCCC1C(F)(F)F. The lowest BCUT2D eigenvalue weighted by atomic mass is 9.73. The molecule has 0 amide bonds. The predicted molar refractivity (Wildman–Crippen MR) is 77.3 cm³/mol. The monoisotopic (exact) mass is 349 g/mol. The quantitative estimate of drug-likeness (QED) is 0.841. The Bertz CT molecular complexity index is 447. The molecule has 1 fully saturated rings. The second kappa shape index (κ2) is 6.48. The molecule has 1 aliphatic rings. The number of alkyl halides is 3. The van der Waals surface area contributed by atoms with Crippen molar-refractivity contribution in [1.82, 2.24) is 0 Å². The molecule has 3 unspecified atom stereocenters. The first-order chi connectivity index (χ1) is 9.39. The van der Waals surface area contributed by atoms with Crippen LogP contribution < -0.4 is 5.73 Å². The van der Waals surface area contributed by atoms with E-state index in [4.69, 9.17) is 5.73 Å². The number of hydrogen-bond donors (Lipinski definition) is 1. The van der Waals surface area contributed by atoms with E-state index in [0.717, 1.165) is 16.5 Å². The van der Waals surface area contributed by atoms with Crippen LogP contribution in [0.3, 0.4) is 0 Å². The molecular formula is C15H19BrF3N. The summed E-state index contributed by atoms with van der Waals surface area (Å²) in [5.74, 6) is -1.70. The van der Waals surface area contributed by atoms with Gasteiger partial charge in [-0.3, -0.25) is 0 Å². The van der Waals surface area contributed by atoms with Crippen LogP contribution in [0.25, 0.3) is 0 Å². The van der Waals surface area contributed by atoms with Gasteiger partial charge in [-0.25, -0.2) is 0 Å². The standard InChI is InChI=1S/C15H19BrF3N/c16-13-8-4-1-5-10(13)9-14(20)11-6-2-3-7-12(11)15(17,18)19/h1,4-5,8,11-12,14H,2-3,6-7,9,20H2. The van der Waals surface area contributed by atoms with E-state index in [1.807, 2.05) is 24.3 Å². The first-order valence-corrected chi connectivity index (χ1v) is 7.74. The van der Waals surface area contributed by atoms with E-state index in [1.165, 1.54) is 0 Å². The Hall–Kier alpha value is -0.550. The topological polar surface area (TPSA) is 26.0 Å². The molecule has 1 nitrogen and oxygen atoms in total. The first-order valence-electron chi connectivity index (χ1n) is 6.95. The number of hydrogen-bond acceptors (Lipinski definition) is 1. The first kappa shape index (κ1) is 15.8. The Kier molecular flexibility index (Phi) is 5.13. The molecule has 0 bridgehead atoms. The summed E-state index contributed by atoms with van der Waals surface area (Å²) in [6, 6.07) is 7.13. The average molecular weight is 350 g/mol. The van der Waals surface area contributed by atoms with E-state index >= 15 is 0 Å². The summed E-state index contributed by atoms with van der Waals surface area (Å²) in [4.78, 5) is 0. The van der Waals surface area contributed by atoms with E-state index < -0.39 is 24.1 Å². The van der Waals surface area contributed by atoms with Crippen LogP contribution in [0.1, 0.15) is 31.2 Å². The molecule has 20 heavy (non-hydrogen) atoms. The van der Waals surface area contributed by atoms with E-state index in [-0.39, 0.29) is 6.42 Å². The Morgan fingerprint density at radius 2 is 1.85 bits per heavy atom. The van der Waals surface area contributed by atoms with Crippen molar-refractivity contribution in [3.63, 3.8) is 0 Å². The molecule has 0 aliphatic heterocycles. The molecule has 0 aromatic heterocycles. The minimum Gasteiger partial charge on any atom is -0.327 e. The molecule has 0 radical (unpaired) electrons. The molecule has 1 saturated carbocycles. The maximum atomic E-state index is 13.1. The zero-order valence-electron chi connectivity index (χ0n) is 11.2. The van der Waals surface area contributed by atoms with Gasteiger partial charge < -0.3 is 5.73 Å². The van der Waals surface area contributed by atoms with Crippen molar-refractivity contribution in [3.05, 3.63) is 34.3 Å². The normalized spacial score (nSPS) is 25.4. The molecule has 1 aromatic carbocycles.